The number of rotatable bonds is 1. The molecule has 2 saturated heterocycles. The molecule has 12 heavy (non-hydrogen) atoms. The van der Waals surface area contributed by atoms with E-state index in [4.69, 9.17) is 14.2 Å². The van der Waals surface area contributed by atoms with Crippen molar-refractivity contribution in [2.45, 2.75) is 37.9 Å². The van der Waals surface area contributed by atoms with Gasteiger partial charge in [-0.05, 0) is 13.8 Å². The Labute approximate surface area is 72.3 Å². The Morgan fingerprint density at radius 2 is 2.17 bits per heavy atom. The highest BCUT2D eigenvalue weighted by Gasteiger charge is 2.48. The maximum absolute atomic E-state index is 5.66. The Morgan fingerprint density at radius 3 is 2.83 bits per heavy atom. The van der Waals surface area contributed by atoms with E-state index in [9.17, 15) is 0 Å². The van der Waals surface area contributed by atoms with Crippen molar-refractivity contribution in [3.63, 3.8) is 0 Å². The fourth-order valence-corrected chi connectivity index (χ4v) is 1.77. The zero-order chi connectivity index (χ0) is 8.77. The minimum Gasteiger partial charge on any atom is -0.369 e. The molecule has 2 rings (SSSR count). The second kappa shape index (κ2) is 2.55. The van der Waals surface area contributed by atoms with Crippen LogP contribution in [0.25, 0.3) is 0 Å². The van der Waals surface area contributed by atoms with E-state index < -0.39 is 5.79 Å². The standard InChI is InChI=1S/C9H14O3/c1-4-6-8-7(5-10-6)11-9(2,3)12-8/h4,6-8H,1,5H2,2-3H3/t6-,7?,8?/m0/s1. The number of hydrogen-bond acceptors (Lipinski definition) is 3. The van der Waals surface area contributed by atoms with Gasteiger partial charge in [-0.3, -0.25) is 0 Å². The van der Waals surface area contributed by atoms with Gasteiger partial charge in [-0.25, -0.2) is 0 Å². The summed E-state index contributed by atoms with van der Waals surface area (Å²) >= 11 is 0. The van der Waals surface area contributed by atoms with Gasteiger partial charge < -0.3 is 14.2 Å². The Balaban J connectivity index is 2.11. The molecule has 2 fully saturated rings. The first kappa shape index (κ1) is 8.23. The molecule has 0 N–H and O–H groups in total. The second-order valence-corrected chi connectivity index (χ2v) is 3.67. The van der Waals surface area contributed by atoms with Crippen LogP contribution in [0, 0.1) is 0 Å². The smallest absolute Gasteiger partial charge is 0.164 e. The van der Waals surface area contributed by atoms with Crippen molar-refractivity contribution >= 4 is 0 Å². The molecule has 3 heteroatoms. The van der Waals surface area contributed by atoms with Crippen molar-refractivity contribution in [3.8, 4) is 0 Å². The summed E-state index contributed by atoms with van der Waals surface area (Å²) in [7, 11) is 0. The third-order valence-electron chi connectivity index (χ3n) is 2.23. The van der Waals surface area contributed by atoms with Gasteiger partial charge >= 0.3 is 0 Å². The van der Waals surface area contributed by atoms with Crippen LogP contribution in [0.4, 0.5) is 0 Å². The molecule has 0 aliphatic carbocycles. The fourth-order valence-electron chi connectivity index (χ4n) is 1.77. The molecule has 0 spiro atoms. The molecule has 0 aromatic rings. The average molecular weight is 170 g/mol. The van der Waals surface area contributed by atoms with Gasteiger partial charge in [0.2, 0.25) is 0 Å². The normalized spacial score (nSPS) is 44.3. The molecule has 2 aliphatic heterocycles. The van der Waals surface area contributed by atoms with Crippen LogP contribution in [-0.4, -0.2) is 30.7 Å². The van der Waals surface area contributed by atoms with Crippen molar-refractivity contribution in [2.75, 3.05) is 6.61 Å². The van der Waals surface area contributed by atoms with Crippen molar-refractivity contribution < 1.29 is 14.2 Å². The van der Waals surface area contributed by atoms with Crippen LogP contribution in [0.2, 0.25) is 0 Å². The monoisotopic (exact) mass is 170 g/mol. The van der Waals surface area contributed by atoms with E-state index in [1.54, 1.807) is 6.08 Å². The van der Waals surface area contributed by atoms with Gasteiger partial charge in [-0.1, -0.05) is 6.08 Å². The van der Waals surface area contributed by atoms with E-state index in [0.717, 1.165) is 0 Å². The van der Waals surface area contributed by atoms with E-state index in [-0.39, 0.29) is 18.3 Å². The molecule has 0 aromatic heterocycles. The van der Waals surface area contributed by atoms with Crippen LogP contribution in [0.3, 0.4) is 0 Å². The quantitative estimate of drug-likeness (QED) is 0.551. The van der Waals surface area contributed by atoms with E-state index in [1.807, 2.05) is 13.8 Å². The van der Waals surface area contributed by atoms with Gasteiger partial charge in [0, 0.05) is 0 Å². The van der Waals surface area contributed by atoms with Crippen molar-refractivity contribution in [1.82, 2.24) is 0 Å². The summed E-state index contributed by atoms with van der Waals surface area (Å²) < 4.78 is 16.7. The van der Waals surface area contributed by atoms with Gasteiger partial charge in [0.05, 0.1) is 6.61 Å². The molecule has 2 aliphatic rings. The second-order valence-electron chi connectivity index (χ2n) is 3.67. The minimum atomic E-state index is -0.458. The first-order valence-corrected chi connectivity index (χ1v) is 4.22. The molecule has 0 amide bonds. The summed E-state index contributed by atoms with van der Waals surface area (Å²) in [5.74, 6) is -0.458. The lowest BCUT2D eigenvalue weighted by Crippen LogP contribution is -2.27. The SMILES string of the molecule is C=C[C@@H]1OCC2OC(C)(C)OC21. The molecule has 3 atom stereocenters. The van der Waals surface area contributed by atoms with Gasteiger partial charge in [0.15, 0.2) is 5.79 Å². The molecular formula is C9H14O3. The summed E-state index contributed by atoms with van der Waals surface area (Å²) in [5.41, 5.74) is 0. The van der Waals surface area contributed by atoms with E-state index in [1.165, 1.54) is 0 Å². The Kier molecular flexibility index (Phi) is 1.75. The van der Waals surface area contributed by atoms with E-state index >= 15 is 0 Å². The Hall–Kier alpha value is -0.380. The van der Waals surface area contributed by atoms with Crippen molar-refractivity contribution in [3.05, 3.63) is 12.7 Å². The molecular weight excluding hydrogens is 156 g/mol. The topological polar surface area (TPSA) is 27.7 Å². The zero-order valence-electron chi connectivity index (χ0n) is 7.45. The van der Waals surface area contributed by atoms with E-state index in [2.05, 4.69) is 6.58 Å². The van der Waals surface area contributed by atoms with Gasteiger partial charge in [0.25, 0.3) is 0 Å². The highest BCUT2D eigenvalue weighted by molar-refractivity contribution is 4.99. The first-order valence-electron chi connectivity index (χ1n) is 4.22. The van der Waals surface area contributed by atoms with Crippen LogP contribution < -0.4 is 0 Å². The molecule has 0 saturated carbocycles. The fraction of sp³-hybridized carbons (Fsp3) is 0.778. The highest BCUT2D eigenvalue weighted by atomic mass is 16.8. The summed E-state index contributed by atoms with van der Waals surface area (Å²) in [6.45, 7) is 8.15. The Bertz CT molecular complexity index is 200. The highest BCUT2D eigenvalue weighted by Crippen LogP contribution is 2.35. The lowest BCUT2D eigenvalue weighted by Gasteiger charge is -2.19. The lowest BCUT2D eigenvalue weighted by molar-refractivity contribution is -0.170. The lowest BCUT2D eigenvalue weighted by atomic mass is 10.1. The van der Waals surface area contributed by atoms with E-state index in [0.29, 0.717) is 6.61 Å². The molecule has 2 unspecified atom stereocenters. The molecule has 2 heterocycles. The first-order chi connectivity index (χ1) is 5.62. The van der Waals surface area contributed by atoms with Gasteiger partial charge in [-0.15, -0.1) is 6.58 Å². The summed E-state index contributed by atoms with van der Waals surface area (Å²) in [4.78, 5) is 0. The van der Waals surface area contributed by atoms with Crippen LogP contribution in [-0.2, 0) is 14.2 Å². The third-order valence-corrected chi connectivity index (χ3v) is 2.23. The number of hydrogen-bond donors (Lipinski definition) is 0. The number of ether oxygens (including phenoxy) is 3. The maximum atomic E-state index is 5.66. The largest absolute Gasteiger partial charge is 0.369 e. The molecule has 0 bridgehead atoms. The van der Waals surface area contributed by atoms with Crippen LogP contribution >= 0.6 is 0 Å². The van der Waals surface area contributed by atoms with Crippen LogP contribution in [0.1, 0.15) is 13.8 Å². The Morgan fingerprint density at radius 1 is 1.42 bits per heavy atom. The van der Waals surface area contributed by atoms with Crippen molar-refractivity contribution in [1.29, 1.82) is 0 Å². The van der Waals surface area contributed by atoms with Crippen LogP contribution in [0.5, 0.6) is 0 Å². The third kappa shape index (κ3) is 1.18. The van der Waals surface area contributed by atoms with Gasteiger partial charge in [0.1, 0.15) is 18.3 Å². The van der Waals surface area contributed by atoms with Crippen LogP contribution in [0.15, 0.2) is 12.7 Å². The summed E-state index contributed by atoms with van der Waals surface area (Å²) in [5, 5.41) is 0. The van der Waals surface area contributed by atoms with Gasteiger partial charge in [-0.2, -0.15) is 0 Å². The average Bonchev–Trinajstić information content (AvgIpc) is 2.42. The molecule has 0 aromatic carbocycles. The summed E-state index contributed by atoms with van der Waals surface area (Å²) in [6, 6.07) is 0. The minimum absolute atomic E-state index is 0.00299. The zero-order valence-corrected chi connectivity index (χ0v) is 7.45. The number of fused-ring (bicyclic) bond motifs is 1. The molecule has 0 radical (unpaired) electrons. The predicted molar refractivity (Wildman–Crippen MR) is 43.8 cm³/mol. The summed E-state index contributed by atoms with van der Waals surface area (Å²) in [6.07, 6.45) is 1.90. The molecule has 3 nitrogen and oxygen atoms in total. The molecule has 68 valence electrons. The van der Waals surface area contributed by atoms with Crippen molar-refractivity contribution in [2.24, 2.45) is 0 Å². The maximum Gasteiger partial charge on any atom is 0.164 e. The predicted octanol–water partition coefficient (Wildman–Crippen LogP) is 1.09.